The van der Waals surface area contributed by atoms with Crippen molar-refractivity contribution in [3.8, 4) is 5.75 Å². The minimum atomic E-state index is 0.0785. The molecule has 110 valence electrons. The zero-order valence-corrected chi connectivity index (χ0v) is 12.5. The fourth-order valence-corrected chi connectivity index (χ4v) is 2.43. The second-order valence-corrected chi connectivity index (χ2v) is 5.68. The molecule has 1 aromatic carbocycles. The monoisotopic (exact) mass is 276 g/mol. The van der Waals surface area contributed by atoms with Gasteiger partial charge in [-0.2, -0.15) is 0 Å². The summed E-state index contributed by atoms with van der Waals surface area (Å²) in [6.45, 7) is 7.79. The van der Waals surface area contributed by atoms with E-state index in [-0.39, 0.29) is 17.9 Å². The van der Waals surface area contributed by atoms with Gasteiger partial charge in [-0.15, -0.1) is 0 Å². The third kappa shape index (κ3) is 3.97. The van der Waals surface area contributed by atoms with E-state index in [0.29, 0.717) is 0 Å². The van der Waals surface area contributed by atoms with Crippen LogP contribution in [0.5, 0.6) is 5.75 Å². The van der Waals surface area contributed by atoms with Crippen LogP contribution in [0.15, 0.2) is 18.2 Å². The summed E-state index contributed by atoms with van der Waals surface area (Å²) in [7, 11) is 0. The number of hydrogen-bond donors (Lipinski definition) is 2. The summed E-state index contributed by atoms with van der Waals surface area (Å²) in [5.41, 5.74) is 1.90. The largest absolute Gasteiger partial charge is 0.491 e. The van der Waals surface area contributed by atoms with Crippen molar-refractivity contribution in [3.05, 3.63) is 23.8 Å². The number of nitrogens with one attached hydrogen (secondary N) is 2. The quantitative estimate of drug-likeness (QED) is 0.889. The van der Waals surface area contributed by atoms with Crippen molar-refractivity contribution >= 4 is 11.6 Å². The molecule has 0 spiro atoms. The minimum Gasteiger partial charge on any atom is -0.491 e. The van der Waals surface area contributed by atoms with Crippen LogP contribution >= 0.6 is 0 Å². The smallest absolute Gasteiger partial charge is 0.228 e. The van der Waals surface area contributed by atoms with Crippen molar-refractivity contribution in [2.24, 2.45) is 5.92 Å². The standard InChI is InChI=1S/C16H24N2O2/c1-11(2)20-14-6-7-15(12(3)9-14)18-16(19)13-5-4-8-17-10-13/h6-7,9,11,13,17H,4-5,8,10H2,1-3H3,(H,18,19). The molecule has 1 unspecified atom stereocenters. The third-order valence-corrected chi connectivity index (χ3v) is 3.50. The predicted molar refractivity (Wildman–Crippen MR) is 81.2 cm³/mol. The van der Waals surface area contributed by atoms with Gasteiger partial charge < -0.3 is 15.4 Å². The van der Waals surface area contributed by atoms with Crippen LogP contribution in [-0.4, -0.2) is 25.1 Å². The molecule has 0 radical (unpaired) electrons. The first-order valence-electron chi connectivity index (χ1n) is 7.35. The fraction of sp³-hybridized carbons (Fsp3) is 0.562. The molecule has 1 aliphatic rings. The molecule has 1 aromatic rings. The Labute approximate surface area is 120 Å². The second kappa shape index (κ2) is 6.75. The Balaban J connectivity index is 2.00. The van der Waals surface area contributed by atoms with Gasteiger partial charge in [-0.05, 0) is 63.9 Å². The van der Waals surface area contributed by atoms with Crippen LogP contribution < -0.4 is 15.4 Å². The summed E-state index contributed by atoms with van der Waals surface area (Å²) in [6.07, 6.45) is 2.19. The van der Waals surface area contributed by atoms with Crippen molar-refractivity contribution in [3.63, 3.8) is 0 Å². The highest BCUT2D eigenvalue weighted by atomic mass is 16.5. The van der Waals surface area contributed by atoms with E-state index in [4.69, 9.17) is 4.74 Å². The maximum Gasteiger partial charge on any atom is 0.228 e. The van der Waals surface area contributed by atoms with Gasteiger partial charge in [0.1, 0.15) is 5.75 Å². The lowest BCUT2D eigenvalue weighted by Crippen LogP contribution is -2.37. The number of hydrogen-bond acceptors (Lipinski definition) is 3. The SMILES string of the molecule is Cc1cc(OC(C)C)ccc1NC(=O)C1CCCNC1. The number of piperidine rings is 1. The van der Waals surface area contributed by atoms with Crippen LogP contribution in [0.3, 0.4) is 0 Å². The molecule has 4 nitrogen and oxygen atoms in total. The summed E-state index contributed by atoms with van der Waals surface area (Å²) in [5.74, 6) is 1.03. The third-order valence-electron chi connectivity index (χ3n) is 3.50. The number of carbonyl (C=O) groups excluding carboxylic acids is 1. The Morgan fingerprint density at radius 2 is 2.25 bits per heavy atom. The number of carbonyl (C=O) groups is 1. The maximum absolute atomic E-state index is 12.2. The second-order valence-electron chi connectivity index (χ2n) is 5.68. The maximum atomic E-state index is 12.2. The molecule has 20 heavy (non-hydrogen) atoms. The average molecular weight is 276 g/mol. The summed E-state index contributed by atoms with van der Waals surface area (Å²) in [5, 5.41) is 6.29. The molecule has 4 heteroatoms. The van der Waals surface area contributed by atoms with Crippen molar-refractivity contribution < 1.29 is 9.53 Å². The summed E-state index contributed by atoms with van der Waals surface area (Å²) < 4.78 is 5.65. The zero-order valence-electron chi connectivity index (χ0n) is 12.5. The van der Waals surface area contributed by atoms with E-state index in [2.05, 4.69) is 10.6 Å². The molecule has 2 N–H and O–H groups in total. The van der Waals surface area contributed by atoms with Crippen LogP contribution in [0, 0.1) is 12.8 Å². The molecule has 1 saturated heterocycles. The van der Waals surface area contributed by atoms with Crippen LogP contribution in [-0.2, 0) is 4.79 Å². The van der Waals surface area contributed by atoms with Crippen molar-refractivity contribution in [2.75, 3.05) is 18.4 Å². The molecule has 1 atom stereocenters. The molecule has 1 aliphatic heterocycles. The summed E-state index contributed by atoms with van der Waals surface area (Å²) in [4.78, 5) is 12.2. The first-order chi connectivity index (χ1) is 9.56. The van der Waals surface area contributed by atoms with Crippen molar-refractivity contribution in [1.82, 2.24) is 5.32 Å². The molecule has 2 rings (SSSR count). The molecule has 1 heterocycles. The van der Waals surface area contributed by atoms with Crippen LogP contribution in [0.25, 0.3) is 0 Å². The molecule has 0 aromatic heterocycles. The van der Waals surface area contributed by atoms with Gasteiger partial charge in [-0.25, -0.2) is 0 Å². The Kier molecular flexibility index (Phi) is 5.01. The van der Waals surface area contributed by atoms with Gasteiger partial charge in [0.25, 0.3) is 0 Å². The normalized spacial score (nSPS) is 18.9. The average Bonchev–Trinajstić information content (AvgIpc) is 2.42. The Hall–Kier alpha value is -1.55. The fourth-order valence-electron chi connectivity index (χ4n) is 2.43. The van der Waals surface area contributed by atoms with E-state index >= 15 is 0 Å². The highest BCUT2D eigenvalue weighted by molar-refractivity contribution is 5.93. The molecule has 1 fully saturated rings. The lowest BCUT2D eigenvalue weighted by molar-refractivity contribution is -0.120. The van der Waals surface area contributed by atoms with E-state index in [9.17, 15) is 4.79 Å². The highest BCUT2D eigenvalue weighted by Crippen LogP contribution is 2.23. The van der Waals surface area contributed by atoms with Crippen LogP contribution in [0.4, 0.5) is 5.69 Å². The van der Waals surface area contributed by atoms with E-state index in [1.165, 1.54) is 0 Å². The molecular weight excluding hydrogens is 252 g/mol. The summed E-state index contributed by atoms with van der Waals surface area (Å²) >= 11 is 0. The number of amides is 1. The van der Waals surface area contributed by atoms with Gasteiger partial charge in [-0.3, -0.25) is 4.79 Å². The minimum absolute atomic E-state index is 0.0785. The van der Waals surface area contributed by atoms with Crippen molar-refractivity contribution in [1.29, 1.82) is 0 Å². The van der Waals surface area contributed by atoms with Gasteiger partial charge in [0.15, 0.2) is 0 Å². The van der Waals surface area contributed by atoms with Gasteiger partial charge in [-0.1, -0.05) is 0 Å². The number of anilines is 1. The van der Waals surface area contributed by atoms with Gasteiger partial charge >= 0.3 is 0 Å². The summed E-state index contributed by atoms with van der Waals surface area (Å²) in [6, 6.07) is 5.79. The lowest BCUT2D eigenvalue weighted by Gasteiger charge is -2.22. The molecule has 0 aliphatic carbocycles. The Morgan fingerprint density at radius 3 is 2.85 bits per heavy atom. The van der Waals surface area contributed by atoms with E-state index in [1.54, 1.807) is 0 Å². The topological polar surface area (TPSA) is 50.4 Å². The number of rotatable bonds is 4. The number of aryl methyl sites for hydroxylation is 1. The van der Waals surface area contributed by atoms with Crippen molar-refractivity contribution in [2.45, 2.75) is 39.7 Å². The lowest BCUT2D eigenvalue weighted by atomic mass is 9.98. The van der Waals surface area contributed by atoms with Gasteiger partial charge in [0, 0.05) is 12.2 Å². The van der Waals surface area contributed by atoms with E-state index < -0.39 is 0 Å². The molecule has 0 saturated carbocycles. The molecule has 0 bridgehead atoms. The van der Waals surface area contributed by atoms with Gasteiger partial charge in [0.05, 0.1) is 12.0 Å². The molecular formula is C16H24N2O2. The predicted octanol–water partition coefficient (Wildman–Crippen LogP) is 2.72. The van der Waals surface area contributed by atoms with Gasteiger partial charge in [0.2, 0.25) is 5.91 Å². The Morgan fingerprint density at radius 1 is 1.45 bits per heavy atom. The number of ether oxygens (including phenoxy) is 1. The highest BCUT2D eigenvalue weighted by Gasteiger charge is 2.21. The van der Waals surface area contributed by atoms with E-state index in [1.807, 2.05) is 39.0 Å². The first kappa shape index (κ1) is 14.9. The van der Waals surface area contributed by atoms with Crippen LogP contribution in [0.1, 0.15) is 32.3 Å². The first-order valence-corrected chi connectivity index (χ1v) is 7.35. The zero-order chi connectivity index (χ0) is 14.5. The Bertz CT molecular complexity index is 466. The van der Waals surface area contributed by atoms with Crippen LogP contribution in [0.2, 0.25) is 0 Å². The number of benzene rings is 1. The van der Waals surface area contributed by atoms with E-state index in [0.717, 1.165) is 42.9 Å². The molecule has 1 amide bonds.